The molecule has 0 saturated carbocycles. The van der Waals surface area contributed by atoms with Crippen LogP contribution in [0.15, 0.2) is 59.1 Å². The van der Waals surface area contributed by atoms with Crippen LogP contribution < -0.4 is 10.6 Å². The molecular weight excluding hydrogens is 325 g/mol. The van der Waals surface area contributed by atoms with E-state index >= 15 is 0 Å². The minimum Gasteiger partial charge on any atom is -0.355 e. The Morgan fingerprint density at radius 1 is 1.04 bits per heavy atom. The highest BCUT2D eigenvalue weighted by Crippen LogP contribution is 2.22. The van der Waals surface area contributed by atoms with Gasteiger partial charge in [0.1, 0.15) is 5.82 Å². The van der Waals surface area contributed by atoms with Gasteiger partial charge in [0.25, 0.3) is 5.91 Å². The van der Waals surface area contributed by atoms with Crippen LogP contribution in [0.1, 0.15) is 17.4 Å². The van der Waals surface area contributed by atoms with Gasteiger partial charge >= 0.3 is 0 Å². The van der Waals surface area contributed by atoms with E-state index in [1.54, 1.807) is 0 Å². The average molecular weight is 339 g/mol. The SMILES string of the molecule is CC(=O)Nc1ccc(F)c(NC(=O)c2cc(-c3ccccc3)on2)c1. The molecule has 2 N–H and O–H groups in total. The summed E-state index contributed by atoms with van der Waals surface area (Å²) >= 11 is 0. The first kappa shape index (κ1) is 16.4. The van der Waals surface area contributed by atoms with E-state index in [0.29, 0.717) is 11.4 Å². The first-order valence-corrected chi connectivity index (χ1v) is 7.43. The van der Waals surface area contributed by atoms with E-state index < -0.39 is 11.7 Å². The molecule has 0 fully saturated rings. The van der Waals surface area contributed by atoms with Gasteiger partial charge in [-0.3, -0.25) is 9.59 Å². The zero-order valence-corrected chi connectivity index (χ0v) is 13.2. The predicted molar refractivity (Wildman–Crippen MR) is 90.6 cm³/mol. The molecule has 2 aromatic carbocycles. The molecule has 25 heavy (non-hydrogen) atoms. The topological polar surface area (TPSA) is 84.2 Å². The Morgan fingerprint density at radius 3 is 2.52 bits per heavy atom. The smallest absolute Gasteiger partial charge is 0.277 e. The molecule has 0 aliphatic rings. The minimum absolute atomic E-state index is 0.0168. The van der Waals surface area contributed by atoms with Gasteiger partial charge in [-0.15, -0.1) is 0 Å². The number of anilines is 2. The highest BCUT2D eigenvalue weighted by atomic mass is 19.1. The van der Waals surface area contributed by atoms with Gasteiger partial charge in [0.2, 0.25) is 5.91 Å². The summed E-state index contributed by atoms with van der Waals surface area (Å²) in [6, 6.07) is 14.5. The van der Waals surface area contributed by atoms with Crippen LogP contribution in [0.5, 0.6) is 0 Å². The molecule has 1 aromatic heterocycles. The van der Waals surface area contributed by atoms with Crippen LogP contribution in [0.25, 0.3) is 11.3 Å². The second kappa shape index (κ2) is 6.96. The van der Waals surface area contributed by atoms with E-state index in [-0.39, 0.29) is 17.3 Å². The zero-order valence-electron chi connectivity index (χ0n) is 13.2. The van der Waals surface area contributed by atoms with Crippen molar-refractivity contribution in [2.45, 2.75) is 6.92 Å². The van der Waals surface area contributed by atoms with E-state index in [0.717, 1.165) is 11.6 Å². The summed E-state index contributed by atoms with van der Waals surface area (Å²) in [4.78, 5) is 23.3. The Bertz CT molecular complexity index is 922. The number of benzene rings is 2. The first-order chi connectivity index (χ1) is 12.0. The fourth-order valence-corrected chi connectivity index (χ4v) is 2.21. The number of hydrogen-bond donors (Lipinski definition) is 2. The van der Waals surface area contributed by atoms with Crippen molar-refractivity contribution in [1.82, 2.24) is 5.16 Å². The number of hydrogen-bond acceptors (Lipinski definition) is 4. The van der Waals surface area contributed by atoms with Crippen molar-refractivity contribution in [2.75, 3.05) is 10.6 Å². The number of nitrogens with zero attached hydrogens (tertiary/aromatic N) is 1. The summed E-state index contributed by atoms with van der Waals surface area (Å²) in [7, 11) is 0. The molecule has 0 atom stereocenters. The van der Waals surface area contributed by atoms with Crippen molar-refractivity contribution in [1.29, 1.82) is 0 Å². The number of rotatable bonds is 4. The summed E-state index contributed by atoms with van der Waals surface area (Å²) in [6.45, 7) is 1.34. The van der Waals surface area contributed by atoms with Crippen LogP contribution in [-0.4, -0.2) is 17.0 Å². The van der Waals surface area contributed by atoms with Crippen LogP contribution in [-0.2, 0) is 4.79 Å². The molecule has 0 unspecified atom stereocenters. The average Bonchev–Trinajstić information content (AvgIpc) is 3.08. The van der Waals surface area contributed by atoms with Crippen molar-refractivity contribution in [2.24, 2.45) is 0 Å². The van der Waals surface area contributed by atoms with E-state index in [1.807, 2.05) is 30.3 Å². The maximum Gasteiger partial charge on any atom is 0.277 e. The number of carbonyl (C=O) groups excluding carboxylic acids is 2. The van der Waals surface area contributed by atoms with Gasteiger partial charge in [0.05, 0.1) is 5.69 Å². The summed E-state index contributed by atoms with van der Waals surface area (Å²) in [5.41, 5.74) is 1.09. The number of nitrogens with one attached hydrogen (secondary N) is 2. The Balaban J connectivity index is 1.79. The molecule has 1 heterocycles. The lowest BCUT2D eigenvalue weighted by molar-refractivity contribution is -0.114. The van der Waals surface area contributed by atoms with Gasteiger partial charge in [0.15, 0.2) is 11.5 Å². The molecule has 0 radical (unpaired) electrons. The Labute approximate surface area is 142 Å². The molecule has 0 aliphatic carbocycles. The predicted octanol–water partition coefficient (Wildman–Crippen LogP) is 3.69. The summed E-state index contributed by atoms with van der Waals surface area (Å²) in [5, 5.41) is 8.65. The van der Waals surface area contributed by atoms with Crippen molar-refractivity contribution in [3.05, 3.63) is 66.1 Å². The lowest BCUT2D eigenvalue weighted by atomic mass is 10.1. The van der Waals surface area contributed by atoms with Gasteiger partial charge in [-0.05, 0) is 18.2 Å². The van der Waals surface area contributed by atoms with Gasteiger partial charge in [0, 0.05) is 24.2 Å². The monoisotopic (exact) mass is 339 g/mol. The molecule has 0 bridgehead atoms. The van der Waals surface area contributed by atoms with Crippen molar-refractivity contribution in [3.8, 4) is 11.3 Å². The molecule has 3 aromatic rings. The maximum absolute atomic E-state index is 13.9. The first-order valence-electron chi connectivity index (χ1n) is 7.43. The molecule has 0 aliphatic heterocycles. The molecule has 126 valence electrons. The van der Waals surface area contributed by atoms with Gasteiger partial charge in [-0.25, -0.2) is 4.39 Å². The number of halogens is 1. The van der Waals surface area contributed by atoms with Crippen LogP contribution in [0.4, 0.5) is 15.8 Å². The van der Waals surface area contributed by atoms with E-state index in [1.165, 1.54) is 25.1 Å². The summed E-state index contributed by atoms with van der Waals surface area (Å²) in [5.74, 6) is -1.12. The van der Waals surface area contributed by atoms with Crippen LogP contribution in [0.3, 0.4) is 0 Å². The lowest BCUT2D eigenvalue weighted by Gasteiger charge is -2.07. The highest BCUT2D eigenvalue weighted by Gasteiger charge is 2.16. The normalized spacial score (nSPS) is 10.3. The third-order valence-corrected chi connectivity index (χ3v) is 3.34. The molecule has 3 rings (SSSR count). The highest BCUT2D eigenvalue weighted by molar-refractivity contribution is 6.03. The maximum atomic E-state index is 13.9. The summed E-state index contributed by atoms with van der Waals surface area (Å²) < 4.78 is 19.0. The van der Waals surface area contributed by atoms with Crippen LogP contribution in [0, 0.1) is 5.82 Å². The molecule has 6 nitrogen and oxygen atoms in total. The molecule has 0 spiro atoms. The van der Waals surface area contributed by atoms with E-state index in [4.69, 9.17) is 4.52 Å². The fraction of sp³-hybridized carbons (Fsp3) is 0.0556. The van der Waals surface area contributed by atoms with E-state index in [9.17, 15) is 14.0 Å². The fourth-order valence-electron chi connectivity index (χ4n) is 2.21. The largest absolute Gasteiger partial charge is 0.355 e. The van der Waals surface area contributed by atoms with E-state index in [2.05, 4.69) is 15.8 Å². The molecular formula is C18H14FN3O3. The quantitative estimate of drug-likeness (QED) is 0.759. The van der Waals surface area contributed by atoms with Crippen LogP contribution in [0.2, 0.25) is 0 Å². The van der Waals surface area contributed by atoms with Crippen molar-refractivity contribution < 1.29 is 18.5 Å². The van der Waals surface area contributed by atoms with Crippen LogP contribution >= 0.6 is 0 Å². The Hall–Kier alpha value is -3.48. The molecule has 2 amide bonds. The second-order valence-corrected chi connectivity index (χ2v) is 5.27. The number of aromatic nitrogens is 1. The minimum atomic E-state index is -0.630. The number of carbonyl (C=O) groups is 2. The van der Waals surface area contributed by atoms with Crippen molar-refractivity contribution in [3.63, 3.8) is 0 Å². The van der Waals surface area contributed by atoms with Crippen molar-refractivity contribution >= 4 is 23.2 Å². The van der Waals surface area contributed by atoms with Gasteiger partial charge < -0.3 is 15.2 Å². The summed E-state index contributed by atoms with van der Waals surface area (Å²) in [6.07, 6.45) is 0. The standard InChI is InChI=1S/C18H14FN3O3/c1-11(23)20-13-7-8-14(19)15(9-13)21-18(24)16-10-17(25-22-16)12-5-3-2-4-6-12/h2-10H,1H3,(H,20,23)(H,21,24). The number of amides is 2. The Kier molecular flexibility index (Phi) is 4.56. The van der Waals surface area contributed by atoms with Gasteiger partial charge in [-0.1, -0.05) is 35.5 Å². The zero-order chi connectivity index (χ0) is 17.8. The molecule has 0 saturated heterocycles. The third-order valence-electron chi connectivity index (χ3n) is 3.34. The Morgan fingerprint density at radius 2 is 1.80 bits per heavy atom. The third kappa shape index (κ3) is 3.89. The lowest BCUT2D eigenvalue weighted by Crippen LogP contribution is -2.14. The second-order valence-electron chi connectivity index (χ2n) is 5.27. The molecule has 7 heteroatoms. The van der Waals surface area contributed by atoms with Gasteiger partial charge in [-0.2, -0.15) is 0 Å².